The van der Waals surface area contributed by atoms with Crippen molar-refractivity contribution in [1.82, 2.24) is 29.2 Å². The predicted octanol–water partition coefficient (Wildman–Crippen LogP) is 5.07. The number of aromatic nitrogens is 2. The van der Waals surface area contributed by atoms with E-state index in [1.165, 1.54) is 4.31 Å². The molecule has 1 aromatic rings. The van der Waals surface area contributed by atoms with Gasteiger partial charge in [-0.1, -0.05) is 67.9 Å². The van der Waals surface area contributed by atoms with Gasteiger partial charge in [-0.05, 0) is 78.9 Å². The quantitative estimate of drug-likeness (QED) is 0.231. The van der Waals surface area contributed by atoms with E-state index >= 15 is 4.79 Å². The van der Waals surface area contributed by atoms with Gasteiger partial charge in [-0.25, -0.2) is 9.71 Å². The van der Waals surface area contributed by atoms with E-state index in [9.17, 15) is 27.6 Å². The summed E-state index contributed by atoms with van der Waals surface area (Å²) in [5.41, 5.74) is -1.05. The number of allylic oxidation sites excluding steroid dienone is 1. The number of nitrogens with zero attached hydrogens (tertiary/aromatic N) is 3. The maximum absolute atomic E-state index is 15.2. The fourth-order valence-electron chi connectivity index (χ4n) is 11.9. The molecule has 3 amide bonds. The highest BCUT2D eigenvalue weighted by Crippen LogP contribution is 2.88. The first-order valence-electron chi connectivity index (χ1n) is 21.6. The lowest BCUT2D eigenvalue weighted by molar-refractivity contribution is -0.147. The van der Waals surface area contributed by atoms with Gasteiger partial charge in [0.05, 0.1) is 29.5 Å². The summed E-state index contributed by atoms with van der Waals surface area (Å²) in [5.74, 6) is -3.12. The monoisotopic (exact) mass is 822 g/mol. The fourth-order valence-corrected chi connectivity index (χ4v) is 13.2. The molecule has 2 aliphatic heterocycles. The molecule has 320 valence electrons. The average Bonchev–Trinajstić information content (AvgIpc) is 3.54. The average molecular weight is 823 g/mol. The van der Waals surface area contributed by atoms with Crippen LogP contribution in [0.2, 0.25) is 0 Å². The summed E-state index contributed by atoms with van der Waals surface area (Å²) in [6.45, 7) is 21.0. The first kappa shape index (κ1) is 42.7. The van der Waals surface area contributed by atoms with Crippen LogP contribution < -0.4 is 10.0 Å². The summed E-state index contributed by atoms with van der Waals surface area (Å²) in [6, 6.07) is -1.67. The van der Waals surface area contributed by atoms with Gasteiger partial charge in [0.15, 0.2) is 11.6 Å². The molecule has 3 saturated carbocycles. The molecule has 0 bridgehead atoms. The van der Waals surface area contributed by atoms with Crippen LogP contribution in [0.1, 0.15) is 131 Å². The Bertz CT molecular complexity index is 1980. The van der Waals surface area contributed by atoms with Crippen molar-refractivity contribution in [3.05, 3.63) is 30.4 Å². The van der Waals surface area contributed by atoms with Crippen molar-refractivity contribution in [2.75, 3.05) is 19.6 Å². The van der Waals surface area contributed by atoms with Crippen LogP contribution in [0.15, 0.2) is 19.0 Å². The number of Topliss-reactive ketones (excluding diaryl/α,β-unsaturated/α-hetero) is 2. The Kier molecular flexibility index (Phi) is 10.6. The van der Waals surface area contributed by atoms with Gasteiger partial charge < -0.3 is 15.2 Å². The highest BCUT2D eigenvalue weighted by atomic mass is 32.2. The van der Waals surface area contributed by atoms with E-state index in [4.69, 9.17) is 0 Å². The van der Waals surface area contributed by atoms with Crippen LogP contribution in [-0.2, 0) is 47.0 Å². The van der Waals surface area contributed by atoms with Crippen LogP contribution in [0.3, 0.4) is 0 Å². The summed E-state index contributed by atoms with van der Waals surface area (Å²) in [4.78, 5) is 81.5. The third-order valence-corrected chi connectivity index (χ3v) is 17.5. The predicted molar refractivity (Wildman–Crippen MR) is 219 cm³/mol. The van der Waals surface area contributed by atoms with Crippen molar-refractivity contribution in [2.24, 2.45) is 50.2 Å². The molecule has 13 nitrogen and oxygen atoms in total. The van der Waals surface area contributed by atoms with E-state index in [0.717, 1.165) is 43.5 Å². The topological polar surface area (TPSA) is 179 Å². The Labute approximate surface area is 344 Å². The van der Waals surface area contributed by atoms with E-state index in [1.807, 2.05) is 41.5 Å². The Balaban J connectivity index is 1.14. The third kappa shape index (κ3) is 6.89. The molecular formula is C44H66N6O7S. The van der Waals surface area contributed by atoms with Crippen LogP contribution in [0, 0.1) is 50.2 Å². The van der Waals surface area contributed by atoms with E-state index in [1.54, 1.807) is 17.3 Å². The maximum Gasteiger partial charge on any atom is 0.303 e. The number of amides is 3. The standard InChI is InChI=1S/C44H66N6O7S/c1-10-28-22-42(28,38(55)48-58(56,57)49-18-11-12-19-49)24-34(52)32-23-44(41(8,9)43(44)16-13-17-43)25-50(32)37(54)29(39(2,3)4)21-33(51)35(40(5,6)7)47-36(53)27-14-15-30-31(20-27)46-26-45-30/h10,26-29,32,35H,1,11-25H2,2-9H3,(H,45,46)(H,47,53)(H,48,55)/t27?,28-,29-,32+,35-,42-,44-/m1/s1. The molecule has 6 aliphatic rings. The molecule has 4 aliphatic carbocycles. The molecule has 3 heterocycles. The van der Waals surface area contributed by atoms with E-state index in [-0.39, 0.29) is 64.3 Å². The summed E-state index contributed by atoms with van der Waals surface area (Å²) < 4.78 is 29.9. The lowest BCUT2D eigenvalue weighted by atomic mass is 9.73. The second-order valence-corrected chi connectivity index (χ2v) is 23.1. The molecule has 0 radical (unpaired) electrons. The smallest absolute Gasteiger partial charge is 0.303 e. The number of likely N-dealkylation sites (tertiary alicyclic amines) is 1. The first-order valence-corrected chi connectivity index (χ1v) is 23.0. The number of nitrogens with one attached hydrogen (secondary N) is 3. The highest BCUT2D eigenvalue weighted by molar-refractivity contribution is 7.87. The number of fused-ring (bicyclic) bond motifs is 2. The largest absolute Gasteiger partial charge is 0.348 e. The van der Waals surface area contributed by atoms with Gasteiger partial charge in [-0.2, -0.15) is 12.7 Å². The second kappa shape index (κ2) is 14.4. The second-order valence-electron chi connectivity index (χ2n) is 21.4. The number of ketones is 2. The van der Waals surface area contributed by atoms with Crippen LogP contribution >= 0.6 is 0 Å². The summed E-state index contributed by atoms with van der Waals surface area (Å²) in [5, 5.41) is 3.09. The molecule has 7 atom stereocenters. The number of aromatic amines is 1. The molecule has 0 aromatic carbocycles. The molecular weight excluding hydrogens is 757 g/mol. The highest BCUT2D eigenvalue weighted by Gasteiger charge is 2.85. The Morgan fingerprint density at radius 3 is 2.22 bits per heavy atom. The van der Waals surface area contributed by atoms with Crippen molar-refractivity contribution in [3.63, 3.8) is 0 Å². The number of hydrogen-bond acceptors (Lipinski definition) is 8. The van der Waals surface area contributed by atoms with Crippen LogP contribution in [-0.4, -0.2) is 88.6 Å². The molecule has 1 unspecified atom stereocenters. The molecule has 58 heavy (non-hydrogen) atoms. The van der Waals surface area contributed by atoms with Crippen LogP contribution in [0.25, 0.3) is 0 Å². The van der Waals surface area contributed by atoms with Gasteiger partial charge in [0.1, 0.15) is 0 Å². The van der Waals surface area contributed by atoms with Gasteiger partial charge in [-0.3, -0.25) is 24.0 Å². The van der Waals surface area contributed by atoms with Gasteiger partial charge >= 0.3 is 10.2 Å². The normalized spacial score (nSPS) is 30.9. The molecule has 2 saturated heterocycles. The fraction of sp³-hybridized carbons (Fsp3) is 0.773. The van der Waals surface area contributed by atoms with Gasteiger partial charge in [0.2, 0.25) is 17.7 Å². The summed E-state index contributed by atoms with van der Waals surface area (Å²) in [6.07, 6.45) is 10.1. The van der Waals surface area contributed by atoms with Gasteiger partial charge in [0.25, 0.3) is 0 Å². The van der Waals surface area contributed by atoms with Crippen LogP contribution in [0.4, 0.5) is 0 Å². The van der Waals surface area contributed by atoms with Crippen molar-refractivity contribution in [2.45, 2.75) is 145 Å². The Morgan fingerprint density at radius 1 is 1.00 bits per heavy atom. The molecule has 5 fully saturated rings. The number of H-pyrrole nitrogens is 1. The summed E-state index contributed by atoms with van der Waals surface area (Å²) >= 11 is 0. The minimum absolute atomic E-state index is 0.0143. The van der Waals surface area contributed by atoms with E-state index in [0.29, 0.717) is 51.7 Å². The first-order chi connectivity index (χ1) is 26.9. The number of imidazole rings is 1. The molecule has 3 N–H and O–H groups in total. The zero-order valence-corrected chi connectivity index (χ0v) is 36.8. The number of carbonyl (C=O) groups is 5. The summed E-state index contributed by atoms with van der Waals surface area (Å²) in [7, 11) is -4.07. The van der Waals surface area contributed by atoms with Crippen molar-refractivity contribution >= 4 is 39.5 Å². The van der Waals surface area contributed by atoms with Gasteiger partial charge in [0, 0.05) is 61.8 Å². The van der Waals surface area contributed by atoms with Crippen molar-refractivity contribution in [1.29, 1.82) is 0 Å². The zero-order chi connectivity index (χ0) is 42.4. The molecule has 1 aromatic heterocycles. The van der Waals surface area contributed by atoms with Crippen molar-refractivity contribution < 1.29 is 32.4 Å². The zero-order valence-electron chi connectivity index (χ0n) is 36.0. The minimum atomic E-state index is -4.07. The van der Waals surface area contributed by atoms with Crippen LogP contribution in [0.5, 0.6) is 0 Å². The Morgan fingerprint density at radius 2 is 1.67 bits per heavy atom. The maximum atomic E-state index is 15.2. The minimum Gasteiger partial charge on any atom is -0.348 e. The molecule has 2 spiro atoms. The number of hydrogen-bond donors (Lipinski definition) is 3. The van der Waals surface area contributed by atoms with Crippen molar-refractivity contribution in [3.8, 4) is 0 Å². The van der Waals surface area contributed by atoms with E-state index < -0.39 is 50.4 Å². The Hall–Kier alpha value is -3.39. The van der Waals surface area contributed by atoms with Gasteiger partial charge in [-0.15, -0.1) is 6.58 Å². The lowest BCUT2D eigenvalue weighted by Crippen LogP contribution is -2.53. The number of rotatable bonds is 13. The number of aryl methyl sites for hydroxylation is 1. The lowest BCUT2D eigenvalue weighted by Gasteiger charge is -2.38. The molecule has 14 heteroatoms. The number of carbonyl (C=O) groups excluding carboxylic acids is 5. The third-order valence-electron chi connectivity index (χ3n) is 16.0. The van der Waals surface area contributed by atoms with E-state index in [2.05, 4.69) is 40.4 Å². The molecule has 7 rings (SSSR count). The SMILES string of the molecule is C=C[C@@H]1C[C@]1(CC(=O)[C@@H]1C[C@@]2(CN1C(=O)[C@@H](CC(=O)[C@@H](NC(=O)C1CCc3nc[nH]c3C1)C(C)(C)C)C(C)(C)C)C(C)(C)C21CCC1)C(=O)NS(=O)(=O)N1CCCC1.